The molecule has 0 atom stereocenters. The molecule has 0 saturated carbocycles. The second kappa shape index (κ2) is 6.40. The molecule has 126 valence electrons. The molecule has 5 N–H and O–H groups in total. The standard InChI is InChI=1S/C18H14N2O5/c21-14-6-5-10-3-1-2-4-12(10)13(14)9-19-20-18(25)11-7-15(22)17(24)16(23)8-11/h1-9,21-24H,(H,20,25)/b19-9-. The maximum atomic E-state index is 12.0. The van der Waals surface area contributed by atoms with Gasteiger partial charge in [-0.1, -0.05) is 30.3 Å². The Kier molecular flexibility index (Phi) is 4.13. The summed E-state index contributed by atoms with van der Waals surface area (Å²) in [5.74, 6) is -2.65. The van der Waals surface area contributed by atoms with E-state index >= 15 is 0 Å². The Hall–Kier alpha value is -3.74. The van der Waals surface area contributed by atoms with Gasteiger partial charge in [-0.2, -0.15) is 5.10 Å². The van der Waals surface area contributed by atoms with E-state index in [1.165, 1.54) is 12.3 Å². The van der Waals surface area contributed by atoms with Crippen LogP contribution in [0.15, 0.2) is 53.6 Å². The first-order valence-electron chi connectivity index (χ1n) is 7.26. The maximum Gasteiger partial charge on any atom is 0.271 e. The highest BCUT2D eigenvalue weighted by Crippen LogP contribution is 2.35. The first-order chi connectivity index (χ1) is 12.0. The van der Waals surface area contributed by atoms with Crippen LogP contribution in [0.5, 0.6) is 23.0 Å². The lowest BCUT2D eigenvalue weighted by Gasteiger charge is -2.06. The molecule has 1 amide bonds. The van der Waals surface area contributed by atoms with Crippen LogP contribution < -0.4 is 5.43 Å². The van der Waals surface area contributed by atoms with Gasteiger partial charge in [0, 0.05) is 11.1 Å². The number of phenolic OH excluding ortho intramolecular Hbond substituents is 4. The van der Waals surface area contributed by atoms with E-state index in [2.05, 4.69) is 10.5 Å². The zero-order valence-electron chi connectivity index (χ0n) is 12.8. The number of phenols is 4. The summed E-state index contributed by atoms with van der Waals surface area (Å²) in [6, 6.07) is 12.7. The minimum absolute atomic E-state index is 0.0108. The number of rotatable bonds is 3. The van der Waals surface area contributed by atoms with E-state index in [1.54, 1.807) is 6.07 Å². The number of fused-ring (bicyclic) bond motifs is 1. The fourth-order valence-electron chi connectivity index (χ4n) is 2.38. The molecule has 25 heavy (non-hydrogen) atoms. The number of carbonyl (C=O) groups is 1. The molecule has 0 unspecified atom stereocenters. The number of aromatic hydroxyl groups is 4. The highest BCUT2D eigenvalue weighted by molar-refractivity contribution is 6.03. The van der Waals surface area contributed by atoms with Gasteiger partial charge < -0.3 is 20.4 Å². The molecule has 7 heteroatoms. The van der Waals surface area contributed by atoms with E-state index in [0.717, 1.165) is 22.9 Å². The number of carbonyl (C=O) groups excluding carboxylic acids is 1. The van der Waals surface area contributed by atoms with Gasteiger partial charge in [-0.3, -0.25) is 4.79 Å². The average molecular weight is 338 g/mol. The van der Waals surface area contributed by atoms with Crippen LogP contribution >= 0.6 is 0 Å². The second-order valence-electron chi connectivity index (χ2n) is 5.28. The molecule has 0 aliphatic rings. The van der Waals surface area contributed by atoms with Crippen LogP contribution in [-0.2, 0) is 0 Å². The predicted molar refractivity (Wildman–Crippen MR) is 92.1 cm³/mol. The minimum Gasteiger partial charge on any atom is -0.507 e. The SMILES string of the molecule is O=C(N/N=C\c1c(O)ccc2ccccc12)c1cc(O)c(O)c(O)c1. The fourth-order valence-corrected chi connectivity index (χ4v) is 2.38. The topological polar surface area (TPSA) is 122 Å². The molecule has 0 saturated heterocycles. The van der Waals surface area contributed by atoms with E-state index in [0.29, 0.717) is 5.56 Å². The van der Waals surface area contributed by atoms with Crippen molar-refractivity contribution < 1.29 is 25.2 Å². The lowest BCUT2D eigenvalue weighted by Crippen LogP contribution is -2.17. The number of hydrogen-bond acceptors (Lipinski definition) is 6. The predicted octanol–water partition coefficient (Wildman–Crippen LogP) is 2.43. The van der Waals surface area contributed by atoms with Crippen LogP contribution in [0.2, 0.25) is 0 Å². The Bertz CT molecular complexity index is 975. The van der Waals surface area contributed by atoms with Crippen LogP contribution in [-0.4, -0.2) is 32.5 Å². The number of amides is 1. The van der Waals surface area contributed by atoms with Gasteiger partial charge in [-0.15, -0.1) is 0 Å². The van der Waals surface area contributed by atoms with Gasteiger partial charge in [0.1, 0.15) is 5.75 Å². The van der Waals surface area contributed by atoms with Crippen molar-refractivity contribution >= 4 is 22.9 Å². The van der Waals surface area contributed by atoms with Crippen molar-refractivity contribution in [2.75, 3.05) is 0 Å². The third kappa shape index (κ3) is 3.16. The molecular weight excluding hydrogens is 324 g/mol. The Balaban J connectivity index is 1.84. The molecule has 0 fully saturated rings. The summed E-state index contributed by atoms with van der Waals surface area (Å²) in [5, 5.41) is 43.6. The minimum atomic E-state index is -0.708. The van der Waals surface area contributed by atoms with Crippen molar-refractivity contribution in [1.82, 2.24) is 5.43 Å². The molecule has 0 bridgehead atoms. The lowest BCUT2D eigenvalue weighted by atomic mass is 10.0. The van der Waals surface area contributed by atoms with E-state index in [1.807, 2.05) is 24.3 Å². The van der Waals surface area contributed by atoms with Crippen LogP contribution in [0.4, 0.5) is 0 Å². The Morgan fingerprint density at radius 2 is 1.60 bits per heavy atom. The molecule has 0 spiro atoms. The number of hydrogen-bond donors (Lipinski definition) is 5. The van der Waals surface area contributed by atoms with Gasteiger partial charge in [-0.25, -0.2) is 5.43 Å². The Morgan fingerprint density at radius 3 is 2.32 bits per heavy atom. The zero-order chi connectivity index (χ0) is 18.0. The van der Waals surface area contributed by atoms with Crippen molar-refractivity contribution in [2.45, 2.75) is 0 Å². The second-order valence-corrected chi connectivity index (χ2v) is 5.28. The molecular formula is C18H14N2O5. The smallest absolute Gasteiger partial charge is 0.271 e. The van der Waals surface area contributed by atoms with Gasteiger partial charge >= 0.3 is 0 Å². The molecule has 3 rings (SSSR count). The Labute approximate surface area is 142 Å². The molecule has 3 aromatic carbocycles. The van der Waals surface area contributed by atoms with Crippen molar-refractivity contribution in [3.05, 3.63) is 59.7 Å². The van der Waals surface area contributed by atoms with E-state index in [9.17, 15) is 25.2 Å². The number of hydrazone groups is 1. The summed E-state index contributed by atoms with van der Waals surface area (Å²) in [5.41, 5.74) is 2.58. The molecule has 0 aliphatic carbocycles. The number of nitrogens with one attached hydrogen (secondary N) is 1. The summed E-state index contributed by atoms with van der Waals surface area (Å²) in [4.78, 5) is 12.0. The summed E-state index contributed by atoms with van der Waals surface area (Å²) in [6.07, 6.45) is 1.30. The number of benzene rings is 3. The lowest BCUT2D eigenvalue weighted by molar-refractivity contribution is 0.0954. The first-order valence-corrected chi connectivity index (χ1v) is 7.26. The molecule has 0 radical (unpaired) electrons. The monoisotopic (exact) mass is 338 g/mol. The average Bonchev–Trinajstić information content (AvgIpc) is 2.61. The molecule has 0 aliphatic heterocycles. The van der Waals surface area contributed by atoms with Crippen LogP contribution in [0.1, 0.15) is 15.9 Å². The van der Waals surface area contributed by atoms with Crippen LogP contribution in [0.25, 0.3) is 10.8 Å². The van der Waals surface area contributed by atoms with Crippen molar-refractivity contribution in [3.63, 3.8) is 0 Å². The summed E-state index contributed by atoms with van der Waals surface area (Å²) in [6.45, 7) is 0. The fraction of sp³-hybridized carbons (Fsp3) is 0. The molecule has 0 aromatic heterocycles. The third-order valence-electron chi connectivity index (χ3n) is 3.64. The summed E-state index contributed by atoms with van der Waals surface area (Å²) >= 11 is 0. The molecule has 7 nitrogen and oxygen atoms in total. The highest BCUT2D eigenvalue weighted by Gasteiger charge is 2.13. The third-order valence-corrected chi connectivity index (χ3v) is 3.64. The largest absolute Gasteiger partial charge is 0.507 e. The van der Waals surface area contributed by atoms with Gasteiger partial charge in [0.25, 0.3) is 5.91 Å². The number of nitrogens with zero attached hydrogens (tertiary/aromatic N) is 1. The Morgan fingerprint density at radius 1 is 0.920 bits per heavy atom. The van der Waals surface area contributed by atoms with Crippen molar-refractivity contribution in [1.29, 1.82) is 0 Å². The van der Waals surface area contributed by atoms with Gasteiger partial charge in [0.15, 0.2) is 17.2 Å². The van der Waals surface area contributed by atoms with Gasteiger partial charge in [0.2, 0.25) is 0 Å². The quantitative estimate of drug-likeness (QED) is 0.285. The van der Waals surface area contributed by atoms with Gasteiger partial charge in [0.05, 0.1) is 6.21 Å². The van der Waals surface area contributed by atoms with Crippen LogP contribution in [0, 0.1) is 0 Å². The first kappa shape index (κ1) is 16.1. The van der Waals surface area contributed by atoms with Crippen molar-refractivity contribution in [2.24, 2.45) is 5.10 Å². The zero-order valence-corrected chi connectivity index (χ0v) is 12.8. The highest BCUT2D eigenvalue weighted by atomic mass is 16.3. The summed E-state index contributed by atoms with van der Waals surface area (Å²) < 4.78 is 0. The van der Waals surface area contributed by atoms with Gasteiger partial charge in [-0.05, 0) is 29.0 Å². The normalized spacial score (nSPS) is 11.0. The van der Waals surface area contributed by atoms with Crippen LogP contribution in [0.3, 0.4) is 0 Å². The summed E-state index contributed by atoms with van der Waals surface area (Å²) in [7, 11) is 0. The van der Waals surface area contributed by atoms with E-state index < -0.39 is 23.2 Å². The molecule has 3 aromatic rings. The maximum absolute atomic E-state index is 12.0. The van der Waals surface area contributed by atoms with E-state index in [-0.39, 0.29) is 11.3 Å². The van der Waals surface area contributed by atoms with E-state index in [4.69, 9.17) is 0 Å². The molecule has 0 heterocycles. The van der Waals surface area contributed by atoms with Crippen molar-refractivity contribution in [3.8, 4) is 23.0 Å².